The second kappa shape index (κ2) is 14.1. The van der Waals surface area contributed by atoms with Crippen LogP contribution < -0.4 is 29.1 Å². The van der Waals surface area contributed by atoms with Gasteiger partial charge >= 0.3 is 11.9 Å². The van der Waals surface area contributed by atoms with E-state index < -0.39 is 18.0 Å². The molecule has 3 aromatic carbocycles. The van der Waals surface area contributed by atoms with E-state index in [4.69, 9.17) is 28.7 Å². The maximum Gasteiger partial charge on any atom is 0.344 e. The molecule has 0 bridgehead atoms. The summed E-state index contributed by atoms with van der Waals surface area (Å²) in [6.07, 6.45) is 1.72. The minimum absolute atomic E-state index is 0.154. The summed E-state index contributed by atoms with van der Waals surface area (Å²) >= 11 is 1.21. The van der Waals surface area contributed by atoms with Gasteiger partial charge in [0, 0.05) is 5.56 Å². The number of nitrogens with zero attached hydrogens (tertiary/aromatic N) is 2. The number of hydrogen-bond donors (Lipinski definition) is 0. The highest BCUT2D eigenvalue weighted by Gasteiger charge is 2.35. The summed E-state index contributed by atoms with van der Waals surface area (Å²) in [7, 11) is 3.05. The minimum atomic E-state index is -0.832. The third kappa shape index (κ3) is 6.68. The summed E-state index contributed by atoms with van der Waals surface area (Å²) in [5.41, 5.74) is 2.39. The molecule has 1 unspecified atom stereocenters. The second-order valence-corrected chi connectivity index (χ2v) is 10.7. The summed E-state index contributed by atoms with van der Waals surface area (Å²) in [5, 5.41) is 0. The molecule has 0 radical (unpaired) electrons. The highest BCUT2D eigenvalue weighted by molar-refractivity contribution is 7.07. The first-order chi connectivity index (χ1) is 21.9. The van der Waals surface area contributed by atoms with Crippen LogP contribution in [0.25, 0.3) is 11.8 Å². The summed E-state index contributed by atoms with van der Waals surface area (Å²) in [6, 6.07) is 20.9. The Labute approximate surface area is 263 Å². The lowest BCUT2D eigenvalue weighted by molar-refractivity contribution is -0.145. The monoisotopic (exact) mass is 628 g/mol. The topological polar surface area (TPSA) is 115 Å². The Morgan fingerprint density at radius 2 is 1.69 bits per heavy atom. The van der Waals surface area contributed by atoms with Gasteiger partial charge < -0.3 is 23.7 Å². The Bertz CT molecular complexity index is 1930. The van der Waals surface area contributed by atoms with Crippen LogP contribution in [0, 0.1) is 0 Å². The molecule has 0 fully saturated rings. The lowest BCUT2D eigenvalue weighted by Crippen LogP contribution is -2.40. The molecule has 0 saturated carbocycles. The summed E-state index contributed by atoms with van der Waals surface area (Å²) in [4.78, 5) is 44.8. The van der Waals surface area contributed by atoms with Crippen molar-refractivity contribution in [2.75, 3.05) is 34.0 Å². The van der Waals surface area contributed by atoms with Gasteiger partial charge in [-0.15, -0.1) is 0 Å². The van der Waals surface area contributed by atoms with Crippen molar-refractivity contribution in [2.45, 2.75) is 19.9 Å². The fourth-order valence-corrected chi connectivity index (χ4v) is 5.95. The second-order valence-electron chi connectivity index (χ2n) is 9.71. The smallest absolute Gasteiger partial charge is 0.344 e. The van der Waals surface area contributed by atoms with Crippen molar-refractivity contribution in [2.24, 2.45) is 4.99 Å². The minimum Gasteiger partial charge on any atom is -0.497 e. The predicted octanol–water partition coefficient (Wildman–Crippen LogP) is 3.89. The fraction of sp³-hybridized carbons (Fsp3) is 0.235. The first-order valence-electron chi connectivity index (χ1n) is 14.3. The number of carbonyl (C=O) groups is 2. The van der Waals surface area contributed by atoms with Crippen molar-refractivity contribution < 1.29 is 33.3 Å². The number of ether oxygens (including phenoxy) is 5. The molecular formula is C34H32N2O8S. The third-order valence-electron chi connectivity index (χ3n) is 6.92. The molecule has 2 heterocycles. The average molecular weight is 629 g/mol. The van der Waals surface area contributed by atoms with Crippen LogP contribution in [0.4, 0.5) is 0 Å². The molecule has 1 aliphatic rings. The standard InChI is InChI=1S/C34H32N2O8S/c1-5-42-28(37)20-44-25-16-15-21(17-26(25)41-4)18-27-32(38)36-31(23-13-10-14-24(19-23)40-3)29(33(39)43-6-2)30(35-34(36)45-27)22-11-8-7-9-12-22/h7-19,31H,5-6,20H2,1-4H3/b27-18-. The summed E-state index contributed by atoms with van der Waals surface area (Å²) in [5.74, 6) is 0.256. The fourth-order valence-electron chi connectivity index (χ4n) is 4.95. The van der Waals surface area contributed by atoms with Crippen molar-refractivity contribution >= 4 is 35.0 Å². The molecule has 0 aliphatic carbocycles. The maximum absolute atomic E-state index is 14.2. The zero-order valence-electron chi connectivity index (χ0n) is 25.3. The maximum atomic E-state index is 14.2. The van der Waals surface area contributed by atoms with Gasteiger partial charge in [0.05, 0.1) is 49.3 Å². The van der Waals surface area contributed by atoms with E-state index >= 15 is 0 Å². The van der Waals surface area contributed by atoms with Crippen molar-refractivity contribution in [3.05, 3.63) is 115 Å². The molecular weight excluding hydrogens is 596 g/mol. The molecule has 0 amide bonds. The predicted molar refractivity (Wildman–Crippen MR) is 169 cm³/mol. The van der Waals surface area contributed by atoms with E-state index in [9.17, 15) is 14.4 Å². The van der Waals surface area contributed by atoms with Gasteiger partial charge in [0.25, 0.3) is 5.56 Å². The zero-order valence-corrected chi connectivity index (χ0v) is 26.1. The van der Waals surface area contributed by atoms with Gasteiger partial charge in [0.15, 0.2) is 22.9 Å². The van der Waals surface area contributed by atoms with Crippen LogP contribution in [0.2, 0.25) is 0 Å². The van der Waals surface area contributed by atoms with Crippen LogP contribution in [0.3, 0.4) is 0 Å². The summed E-state index contributed by atoms with van der Waals surface area (Å²) in [6.45, 7) is 3.59. The van der Waals surface area contributed by atoms with Crippen LogP contribution >= 0.6 is 11.3 Å². The molecule has 0 N–H and O–H groups in total. The lowest BCUT2D eigenvalue weighted by atomic mass is 9.93. The van der Waals surface area contributed by atoms with Gasteiger partial charge in [-0.1, -0.05) is 59.9 Å². The van der Waals surface area contributed by atoms with E-state index in [2.05, 4.69) is 0 Å². The van der Waals surface area contributed by atoms with E-state index in [-0.39, 0.29) is 31.0 Å². The van der Waals surface area contributed by atoms with Crippen LogP contribution in [0.15, 0.2) is 88.2 Å². The van der Waals surface area contributed by atoms with Gasteiger partial charge in [-0.2, -0.15) is 0 Å². The van der Waals surface area contributed by atoms with E-state index in [0.29, 0.717) is 49.0 Å². The molecule has 45 heavy (non-hydrogen) atoms. The number of thiazole rings is 1. The number of benzene rings is 3. The van der Waals surface area contributed by atoms with Gasteiger partial charge in [-0.3, -0.25) is 9.36 Å². The van der Waals surface area contributed by atoms with Crippen molar-refractivity contribution in [3.63, 3.8) is 0 Å². The normalized spacial score (nSPS) is 14.3. The van der Waals surface area contributed by atoms with Crippen LogP contribution in [-0.4, -0.2) is 50.5 Å². The summed E-state index contributed by atoms with van der Waals surface area (Å²) < 4.78 is 28.9. The van der Waals surface area contributed by atoms with E-state index in [1.165, 1.54) is 23.0 Å². The Morgan fingerprint density at radius 1 is 0.911 bits per heavy atom. The molecule has 4 aromatic rings. The van der Waals surface area contributed by atoms with E-state index in [1.54, 1.807) is 57.4 Å². The number of methoxy groups -OCH3 is 2. The van der Waals surface area contributed by atoms with E-state index in [1.807, 2.05) is 42.5 Å². The molecule has 11 heteroatoms. The molecule has 232 valence electrons. The molecule has 1 aromatic heterocycles. The Kier molecular flexibility index (Phi) is 9.79. The highest BCUT2D eigenvalue weighted by atomic mass is 32.1. The van der Waals surface area contributed by atoms with Crippen molar-refractivity contribution in [1.82, 2.24) is 4.57 Å². The SMILES string of the molecule is CCOC(=O)COc1ccc(/C=c2\sc3n(c2=O)C(c2cccc(OC)c2)C(C(=O)OCC)=C(c2ccccc2)N=3)cc1OC. The number of fused-ring (bicyclic) bond motifs is 1. The van der Waals surface area contributed by atoms with Crippen molar-refractivity contribution in [3.8, 4) is 17.2 Å². The average Bonchev–Trinajstić information content (AvgIpc) is 3.37. The molecule has 10 nitrogen and oxygen atoms in total. The van der Waals surface area contributed by atoms with Gasteiger partial charge in [-0.25, -0.2) is 14.6 Å². The zero-order chi connectivity index (χ0) is 31.9. The lowest BCUT2D eigenvalue weighted by Gasteiger charge is -2.26. The van der Waals surface area contributed by atoms with Gasteiger partial charge in [0.2, 0.25) is 0 Å². The Balaban J connectivity index is 1.68. The molecule has 1 atom stereocenters. The Hall–Kier alpha value is -5.16. The molecule has 0 saturated heterocycles. The number of carbonyl (C=O) groups excluding carboxylic acids is 2. The molecule has 0 spiro atoms. The van der Waals surface area contributed by atoms with Crippen LogP contribution in [-0.2, 0) is 19.1 Å². The van der Waals surface area contributed by atoms with Crippen LogP contribution in [0.5, 0.6) is 17.2 Å². The first kappa shape index (κ1) is 31.3. The Morgan fingerprint density at radius 3 is 2.40 bits per heavy atom. The molecule has 1 aliphatic heterocycles. The first-order valence-corrected chi connectivity index (χ1v) is 15.1. The number of esters is 2. The van der Waals surface area contributed by atoms with Crippen molar-refractivity contribution in [1.29, 1.82) is 0 Å². The number of hydrogen-bond acceptors (Lipinski definition) is 10. The van der Waals surface area contributed by atoms with Gasteiger partial charge in [-0.05, 0) is 55.3 Å². The van der Waals surface area contributed by atoms with Crippen LogP contribution in [0.1, 0.15) is 36.6 Å². The van der Waals surface area contributed by atoms with Gasteiger partial charge in [0.1, 0.15) is 5.75 Å². The third-order valence-corrected chi connectivity index (χ3v) is 7.90. The largest absolute Gasteiger partial charge is 0.497 e. The quantitative estimate of drug-likeness (QED) is 0.230. The number of aromatic nitrogens is 1. The van der Waals surface area contributed by atoms with E-state index in [0.717, 1.165) is 0 Å². The number of rotatable bonds is 11. The highest BCUT2D eigenvalue weighted by Crippen LogP contribution is 2.36. The molecule has 5 rings (SSSR count).